The molecule has 5 heteroatoms. The Morgan fingerprint density at radius 2 is 2.20 bits per heavy atom. The number of aromatic nitrogens is 2. The molecule has 0 spiro atoms. The van der Waals surface area contributed by atoms with Crippen LogP contribution in [0.25, 0.3) is 10.9 Å². The predicted octanol–water partition coefficient (Wildman–Crippen LogP) is 1.75. The Balaban J connectivity index is 2.78. The van der Waals surface area contributed by atoms with Crippen molar-refractivity contribution in [2.45, 2.75) is 6.54 Å². The SMILES string of the molecule is COc1cccc2c(Cl)c(CN)nnc12. The Morgan fingerprint density at radius 3 is 2.87 bits per heavy atom. The van der Waals surface area contributed by atoms with Gasteiger partial charge in [0.15, 0.2) is 0 Å². The lowest BCUT2D eigenvalue weighted by Crippen LogP contribution is -2.03. The zero-order valence-electron chi connectivity index (χ0n) is 8.20. The van der Waals surface area contributed by atoms with Gasteiger partial charge in [-0.1, -0.05) is 23.7 Å². The Bertz CT molecular complexity index is 501. The van der Waals surface area contributed by atoms with Crippen molar-refractivity contribution in [3.8, 4) is 5.75 Å². The van der Waals surface area contributed by atoms with Crippen LogP contribution in [0.15, 0.2) is 18.2 Å². The molecule has 0 radical (unpaired) electrons. The van der Waals surface area contributed by atoms with Crippen molar-refractivity contribution in [2.24, 2.45) is 5.73 Å². The maximum Gasteiger partial charge on any atom is 0.147 e. The first kappa shape index (κ1) is 10.1. The molecule has 2 aromatic rings. The topological polar surface area (TPSA) is 61.0 Å². The average Bonchev–Trinajstić information content (AvgIpc) is 2.29. The maximum atomic E-state index is 6.13. The summed E-state index contributed by atoms with van der Waals surface area (Å²) in [6.45, 7) is 0.277. The van der Waals surface area contributed by atoms with Crippen LogP contribution in [-0.4, -0.2) is 17.3 Å². The molecule has 0 fully saturated rings. The zero-order valence-corrected chi connectivity index (χ0v) is 8.95. The van der Waals surface area contributed by atoms with E-state index in [1.165, 1.54) is 0 Å². The molecule has 0 aliphatic rings. The van der Waals surface area contributed by atoms with Crippen LogP contribution in [0.2, 0.25) is 5.02 Å². The highest BCUT2D eigenvalue weighted by Crippen LogP contribution is 2.29. The number of nitrogens with zero attached hydrogens (tertiary/aromatic N) is 2. The van der Waals surface area contributed by atoms with Crippen molar-refractivity contribution in [3.05, 3.63) is 28.9 Å². The number of nitrogens with two attached hydrogens (primary N) is 1. The molecule has 2 N–H and O–H groups in total. The second kappa shape index (κ2) is 4.00. The van der Waals surface area contributed by atoms with Crippen molar-refractivity contribution in [1.82, 2.24) is 10.2 Å². The first-order valence-electron chi connectivity index (χ1n) is 4.45. The Kier molecular flexibility index (Phi) is 2.70. The first-order chi connectivity index (χ1) is 7.27. The van der Waals surface area contributed by atoms with Gasteiger partial charge in [-0.05, 0) is 6.07 Å². The third-order valence-electron chi connectivity index (χ3n) is 2.17. The number of fused-ring (bicyclic) bond motifs is 1. The van der Waals surface area contributed by atoms with Crippen LogP contribution in [0.1, 0.15) is 5.69 Å². The predicted molar refractivity (Wildman–Crippen MR) is 59.0 cm³/mol. The fourth-order valence-electron chi connectivity index (χ4n) is 1.41. The highest BCUT2D eigenvalue weighted by atomic mass is 35.5. The van der Waals surface area contributed by atoms with Gasteiger partial charge in [0.05, 0.1) is 17.8 Å². The number of ether oxygens (including phenoxy) is 1. The van der Waals surface area contributed by atoms with E-state index in [0.717, 1.165) is 5.39 Å². The molecule has 0 aliphatic heterocycles. The van der Waals surface area contributed by atoms with Gasteiger partial charge in [-0.2, -0.15) is 5.10 Å². The summed E-state index contributed by atoms with van der Waals surface area (Å²) >= 11 is 6.13. The molecule has 0 saturated heterocycles. The third kappa shape index (κ3) is 1.62. The fraction of sp³-hybridized carbons (Fsp3) is 0.200. The van der Waals surface area contributed by atoms with Crippen LogP contribution in [0.3, 0.4) is 0 Å². The summed E-state index contributed by atoms with van der Waals surface area (Å²) in [4.78, 5) is 0. The van der Waals surface area contributed by atoms with Crippen molar-refractivity contribution in [1.29, 1.82) is 0 Å². The molecule has 0 aliphatic carbocycles. The summed E-state index contributed by atoms with van der Waals surface area (Å²) in [7, 11) is 1.58. The molecular weight excluding hydrogens is 214 g/mol. The van der Waals surface area contributed by atoms with Gasteiger partial charge in [-0.25, -0.2) is 0 Å². The lowest BCUT2D eigenvalue weighted by Gasteiger charge is -2.06. The van der Waals surface area contributed by atoms with Crippen LogP contribution in [0.4, 0.5) is 0 Å². The van der Waals surface area contributed by atoms with Crippen molar-refractivity contribution >= 4 is 22.5 Å². The monoisotopic (exact) mass is 223 g/mol. The van der Waals surface area contributed by atoms with Crippen LogP contribution in [0.5, 0.6) is 5.75 Å². The van der Waals surface area contributed by atoms with E-state index in [0.29, 0.717) is 22.0 Å². The van der Waals surface area contributed by atoms with Gasteiger partial charge in [0.25, 0.3) is 0 Å². The molecule has 0 bridgehead atoms. The van der Waals surface area contributed by atoms with E-state index in [1.54, 1.807) is 7.11 Å². The summed E-state index contributed by atoms with van der Waals surface area (Å²) in [5.74, 6) is 0.658. The van der Waals surface area contributed by atoms with Crippen LogP contribution < -0.4 is 10.5 Å². The molecule has 4 nitrogen and oxygen atoms in total. The fourth-order valence-corrected chi connectivity index (χ4v) is 1.67. The van der Waals surface area contributed by atoms with Crippen molar-refractivity contribution in [3.63, 3.8) is 0 Å². The Labute approximate surface area is 92.0 Å². The van der Waals surface area contributed by atoms with E-state index in [4.69, 9.17) is 22.1 Å². The zero-order chi connectivity index (χ0) is 10.8. The standard InChI is InChI=1S/C10H10ClN3O/c1-15-8-4-2-3-6-9(11)7(5-12)13-14-10(6)8/h2-4H,5,12H2,1H3. The van der Waals surface area contributed by atoms with Gasteiger partial charge < -0.3 is 10.5 Å². The minimum absolute atomic E-state index is 0.277. The number of benzene rings is 1. The molecule has 0 atom stereocenters. The average molecular weight is 224 g/mol. The smallest absolute Gasteiger partial charge is 0.147 e. The van der Waals surface area contributed by atoms with Gasteiger partial charge in [-0.15, -0.1) is 5.10 Å². The summed E-state index contributed by atoms with van der Waals surface area (Å²) in [6, 6.07) is 5.54. The van der Waals surface area contributed by atoms with Gasteiger partial charge >= 0.3 is 0 Å². The molecule has 2 rings (SSSR count). The van der Waals surface area contributed by atoms with Gasteiger partial charge in [0.2, 0.25) is 0 Å². The Hall–Kier alpha value is -1.39. The van der Waals surface area contributed by atoms with Crippen LogP contribution in [-0.2, 0) is 6.54 Å². The summed E-state index contributed by atoms with van der Waals surface area (Å²) in [6.07, 6.45) is 0. The number of hydrogen-bond acceptors (Lipinski definition) is 4. The van der Waals surface area contributed by atoms with E-state index < -0.39 is 0 Å². The molecule has 1 aromatic carbocycles. The third-order valence-corrected chi connectivity index (χ3v) is 2.59. The molecule has 0 unspecified atom stereocenters. The lowest BCUT2D eigenvalue weighted by molar-refractivity contribution is 0.418. The molecule has 78 valence electrons. The number of methoxy groups -OCH3 is 1. The second-order valence-electron chi connectivity index (χ2n) is 3.02. The summed E-state index contributed by atoms with van der Waals surface area (Å²) in [5.41, 5.74) is 6.74. The van der Waals surface area contributed by atoms with Gasteiger partial charge in [-0.3, -0.25) is 0 Å². The Morgan fingerprint density at radius 1 is 1.40 bits per heavy atom. The van der Waals surface area contributed by atoms with E-state index in [9.17, 15) is 0 Å². The van der Waals surface area contributed by atoms with Gasteiger partial charge in [0.1, 0.15) is 11.3 Å². The molecule has 0 amide bonds. The van der Waals surface area contributed by atoms with E-state index >= 15 is 0 Å². The summed E-state index contributed by atoms with van der Waals surface area (Å²) in [5, 5.41) is 9.35. The summed E-state index contributed by atoms with van der Waals surface area (Å²) < 4.78 is 5.16. The molecular formula is C10H10ClN3O. The highest BCUT2D eigenvalue weighted by Gasteiger charge is 2.10. The normalized spacial score (nSPS) is 10.6. The van der Waals surface area contributed by atoms with E-state index in [2.05, 4.69) is 10.2 Å². The van der Waals surface area contributed by atoms with Crippen molar-refractivity contribution in [2.75, 3.05) is 7.11 Å². The minimum atomic E-state index is 0.277. The van der Waals surface area contributed by atoms with E-state index in [1.807, 2.05) is 18.2 Å². The second-order valence-corrected chi connectivity index (χ2v) is 3.40. The van der Waals surface area contributed by atoms with Crippen molar-refractivity contribution < 1.29 is 4.74 Å². The molecule has 15 heavy (non-hydrogen) atoms. The number of hydrogen-bond donors (Lipinski definition) is 1. The molecule has 1 heterocycles. The molecule has 0 saturated carbocycles. The quantitative estimate of drug-likeness (QED) is 0.843. The van der Waals surface area contributed by atoms with Crippen LogP contribution in [0, 0.1) is 0 Å². The minimum Gasteiger partial charge on any atom is -0.494 e. The molecule has 1 aromatic heterocycles. The van der Waals surface area contributed by atoms with Gasteiger partial charge in [0, 0.05) is 11.9 Å². The first-order valence-corrected chi connectivity index (χ1v) is 4.83. The number of halogens is 1. The maximum absolute atomic E-state index is 6.13. The lowest BCUT2D eigenvalue weighted by atomic mass is 10.2. The highest BCUT2D eigenvalue weighted by molar-refractivity contribution is 6.36. The van der Waals surface area contributed by atoms with E-state index in [-0.39, 0.29) is 6.54 Å². The van der Waals surface area contributed by atoms with Crippen LogP contribution >= 0.6 is 11.6 Å². The largest absolute Gasteiger partial charge is 0.494 e. The number of rotatable bonds is 2.